The third-order valence-corrected chi connectivity index (χ3v) is 4.83. The average molecular weight is 258 g/mol. The van der Waals surface area contributed by atoms with Crippen LogP contribution in [0.5, 0.6) is 0 Å². The van der Waals surface area contributed by atoms with Gasteiger partial charge in [0.15, 0.2) is 9.84 Å². The van der Waals surface area contributed by atoms with Crippen LogP contribution in [0, 0.1) is 0 Å². The smallest absolute Gasteiger partial charge is 0.150 e. The molecule has 1 aliphatic heterocycles. The van der Waals surface area contributed by atoms with Crippen molar-refractivity contribution >= 4 is 16.1 Å². The van der Waals surface area contributed by atoms with Crippen LogP contribution in [0.15, 0.2) is 11.6 Å². The first kappa shape index (κ1) is 14.4. The lowest BCUT2D eigenvalue weighted by molar-refractivity contribution is -0.107. The zero-order valence-electron chi connectivity index (χ0n) is 10.4. The van der Waals surface area contributed by atoms with Gasteiger partial charge in [-0.3, -0.25) is 0 Å². The fourth-order valence-electron chi connectivity index (χ4n) is 2.04. The second-order valence-corrected chi connectivity index (χ2v) is 6.98. The summed E-state index contributed by atoms with van der Waals surface area (Å²) in [5.74, 6) is 0.663. The molecule has 0 aromatic rings. The molecule has 0 aromatic carbocycles. The Labute approximate surface area is 104 Å². The molecular formula is C13H22O3S. The Bertz CT molecular complexity index is 339. The molecule has 1 saturated heterocycles. The molecule has 1 rings (SSSR count). The highest BCUT2D eigenvalue weighted by Gasteiger charge is 2.18. The van der Waals surface area contributed by atoms with Gasteiger partial charge in [0.25, 0.3) is 0 Å². The van der Waals surface area contributed by atoms with Gasteiger partial charge in [0, 0.05) is 6.42 Å². The minimum Gasteiger partial charge on any atom is -0.303 e. The van der Waals surface area contributed by atoms with Crippen LogP contribution in [0.1, 0.15) is 51.4 Å². The molecule has 0 N–H and O–H groups in total. The number of rotatable bonds is 7. The van der Waals surface area contributed by atoms with Gasteiger partial charge in [0.05, 0.1) is 11.5 Å². The number of carbonyl (C=O) groups is 1. The van der Waals surface area contributed by atoms with Crippen LogP contribution in [-0.2, 0) is 14.6 Å². The second-order valence-electron chi connectivity index (χ2n) is 4.67. The van der Waals surface area contributed by atoms with Crippen molar-refractivity contribution in [3.8, 4) is 0 Å². The normalized spacial score (nSPS) is 18.9. The number of aldehydes is 1. The summed E-state index contributed by atoms with van der Waals surface area (Å²) >= 11 is 0. The summed E-state index contributed by atoms with van der Waals surface area (Å²) in [6.07, 6.45) is 10.8. The number of allylic oxidation sites excluding steroid dienone is 2. The van der Waals surface area contributed by atoms with E-state index < -0.39 is 9.84 Å². The summed E-state index contributed by atoms with van der Waals surface area (Å²) in [4.78, 5) is 10.1. The summed E-state index contributed by atoms with van der Waals surface area (Å²) in [5.41, 5.74) is 1.31. The highest BCUT2D eigenvalue weighted by Crippen LogP contribution is 2.19. The Hall–Kier alpha value is -0.640. The van der Waals surface area contributed by atoms with Crippen LogP contribution in [0.3, 0.4) is 0 Å². The van der Waals surface area contributed by atoms with E-state index in [9.17, 15) is 13.2 Å². The van der Waals surface area contributed by atoms with E-state index in [4.69, 9.17) is 0 Å². The standard InChI is InChI=1S/C13H22O3S/c14-10-6-4-2-1-3-5-7-13-8-11-17(15,16)12-9-13/h7,10H,1-6,8-9,11-12H2. The third kappa shape index (κ3) is 6.61. The highest BCUT2D eigenvalue weighted by atomic mass is 32.2. The Kier molecular flexibility index (Phi) is 6.48. The Morgan fingerprint density at radius 2 is 1.53 bits per heavy atom. The van der Waals surface area contributed by atoms with Crippen molar-refractivity contribution in [2.24, 2.45) is 0 Å². The SMILES string of the molecule is O=CCCCCCCC=C1CCS(=O)(=O)CC1. The van der Waals surface area contributed by atoms with E-state index in [0.717, 1.165) is 51.2 Å². The molecule has 0 spiro atoms. The molecule has 0 saturated carbocycles. The van der Waals surface area contributed by atoms with E-state index in [1.54, 1.807) is 0 Å². The maximum atomic E-state index is 11.2. The van der Waals surface area contributed by atoms with Gasteiger partial charge in [-0.1, -0.05) is 24.5 Å². The summed E-state index contributed by atoms with van der Waals surface area (Å²) in [7, 11) is -2.74. The van der Waals surface area contributed by atoms with E-state index in [1.807, 2.05) is 0 Å². The molecule has 0 aromatic heterocycles. The number of carbonyl (C=O) groups excluding carboxylic acids is 1. The Morgan fingerprint density at radius 1 is 0.941 bits per heavy atom. The topological polar surface area (TPSA) is 51.2 Å². The van der Waals surface area contributed by atoms with Crippen molar-refractivity contribution in [2.45, 2.75) is 51.4 Å². The molecule has 0 aliphatic carbocycles. The first-order chi connectivity index (χ1) is 8.14. The fraction of sp³-hybridized carbons (Fsp3) is 0.769. The number of sulfone groups is 1. The van der Waals surface area contributed by atoms with Gasteiger partial charge in [-0.2, -0.15) is 0 Å². The minimum absolute atomic E-state index is 0.332. The van der Waals surface area contributed by atoms with E-state index in [1.165, 1.54) is 5.57 Å². The molecule has 3 nitrogen and oxygen atoms in total. The van der Waals surface area contributed by atoms with E-state index in [2.05, 4.69) is 6.08 Å². The molecule has 0 amide bonds. The van der Waals surface area contributed by atoms with Gasteiger partial charge in [0.1, 0.15) is 6.29 Å². The molecule has 4 heteroatoms. The van der Waals surface area contributed by atoms with Gasteiger partial charge in [0.2, 0.25) is 0 Å². The second kappa shape index (κ2) is 7.64. The minimum atomic E-state index is -2.74. The van der Waals surface area contributed by atoms with Crippen molar-refractivity contribution in [3.63, 3.8) is 0 Å². The van der Waals surface area contributed by atoms with E-state index in [0.29, 0.717) is 17.9 Å². The molecule has 1 aliphatic rings. The van der Waals surface area contributed by atoms with Crippen molar-refractivity contribution in [2.75, 3.05) is 11.5 Å². The summed E-state index contributed by atoms with van der Waals surface area (Å²) in [6.45, 7) is 0. The van der Waals surface area contributed by atoms with Crippen LogP contribution < -0.4 is 0 Å². The van der Waals surface area contributed by atoms with Crippen LogP contribution in [-0.4, -0.2) is 26.2 Å². The van der Waals surface area contributed by atoms with E-state index >= 15 is 0 Å². The largest absolute Gasteiger partial charge is 0.303 e. The zero-order chi connectivity index (χ0) is 12.6. The molecule has 1 fully saturated rings. The number of hydrogen-bond donors (Lipinski definition) is 0. The van der Waals surface area contributed by atoms with E-state index in [-0.39, 0.29) is 0 Å². The maximum absolute atomic E-state index is 11.2. The summed E-state index contributed by atoms with van der Waals surface area (Å²) in [6, 6.07) is 0. The van der Waals surface area contributed by atoms with Crippen molar-refractivity contribution < 1.29 is 13.2 Å². The molecular weight excluding hydrogens is 236 g/mol. The summed E-state index contributed by atoms with van der Waals surface area (Å²) < 4.78 is 22.4. The monoisotopic (exact) mass is 258 g/mol. The predicted octanol–water partition coefficient (Wildman–Crippen LogP) is 2.66. The lowest BCUT2D eigenvalue weighted by Gasteiger charge is -2.14. The van der Waals surface area contributed by atoms with Crippen LogP contribution in [0.4, 0.5) is 0 Å². The van der Waals surface area contributed by atoms with Gasteiger partial charge >= 0.3 is 0 Å². The molecule has 98 valence electrons. The van der Waals surface area contributed by atoms with Gasteiger partial charge < -0.3 is 4.79 Å². The Balaban J connectivity index is 2.07. The lowest BCUT2D eigenvalue weighted by atomic mass is 10.1. The first-order valence-corrected chi connectivity index (χ1v) is 8.28. The molecule has 0 bridgehead atoms. The first-order valence-electron chi connectivity index (χ1n) is 6.46. The Morgan fingerprint density at radius 3 is 2.12 bits per heavy atom. The highest BCUT2D eigenvalue weighted by molar-refractivity contribution is 7.91. The predicted molar refractivity (Wildman–Crippen MR) is 69.7 cm³/mol. The van der Waals surface area contributed by atoms with Crippen molar-refractivity contribution in [3.05, 3.63) is 11.6 Å². The number of hydrogen-bond acceptors (Lipinski definition) is 3. The molecule has 0 radical (unpaired) electrons. The van der Waals surface area contributed by atoms with Crippen LogP contribution in [0.2, 0.25) is 0 Å². The maximum Gasteiger partial charge on any atom is 0.150 e. The van der Waals surface area contributed by atoms with Gasteiger partial charge in [-0.15, -0.1) is 0 Å². The average Bonchev–Trinajstić information content (AvgIpc) is 2.30. The molecule has 1 heterocycles. The van der Waals surface area contributed by atoms with Crippen LogP contribution >= 0.6 is 0 Å². The number of unbranched alkanes of at least 4 members (excludes halogenated alkanes) is 5. The zero-order valence-corrected chi connectivity index (χ0v) is 11.2. The van der Waals surface area contributed by atoms with Gasteiger partial charge in [-0.05, 0) is 32.1 Å². The molecule has 17 heavy (non-hydrogen) atoms. The molecule has 0 atom stereocenters. The quantitative estimate of drug-likeness (QED) is 0.401. The molecule has 0 unspecified atom stereocenters. The van der Waals surface area contributed by atoms with Crippen LogP contribution in [0.25, 0.3) is 0 Å². The summed E-state index contributed by atoms with van der Waals surface area (Å²) in [5, 5.41) is 0. The van der Waals surface area contributed by atoms with Crippen molar-refractivity contribution in [1.29, 1.82) is 0 Å². The van der Waals surface area contributed by atoms with Gasteiger partial charge in [-0.25, -0.2) is 8.42 Å². The fourth-order valence-corrected chi connectivity index (χ4v) is 3.39. The van der Waals surface area contributed by atoms with Crippen molar-refractivity contribution in [1.82, 2.24) is 0 Å². The lowest BCUT2D eigenvalue weighted by Crippen LogP contribution is -2.17. The third-order valence-electron chi connectivity index (χ3n) is 3.18.